The quantitative estimate of drug-likeness (QED) is 0.931. The largest absolute Gasteiger partial charge is 0.377 e. The molecule has 1 heterocycles. The van der Waals surface area contributed by atoms with Gasteiger partial charge in [0.15, 0.2) is 0 Å². The van der Waals surface area contributed by atoms with Gasteiger partial charge in [-0.25, -0.2) is 0 Å². The van der Waals surface area contributed by atoms with Gasteiger partial charge in [0, 0.05) is 30.2 Å². The fourth-order valence-electron chi connectivity index (χ4n) is 2.44. The summed E-state index contributed by atoms with van der Waals surface area (Å²) in [6.45, 7) is 3.01. The van der Waals surface area contributed by atoms with Crippen molar-refractivity contribution in [2.24, 2.45) is 0 Å². The fraction of sp³-hybridized carbons (Fsp3) is 0.400. The first kappa shape index (κ1) is 14.1. The van der Waals surface area contributed by atoms with Crippen molar-refractivity contribution in [3.8, 4) is 0 Å². The van der Waals surface area contributed by atoms with E-state index in [0.29, 0.717) is 0 Å². The van der Waals surface area contributed by atoms with Crippen LogP contribution in [0.4, 0.5) is 5.69 Å². The Morgan fingerprint density at radius 1 is 1.32 bits per heavy atom. The number of aryl methyl sites for hydroxylation is 1. The van der Waals surface area contributed by atoms with Crippen LogP contribution in [0.2, 0.25) is 5.02 Å². The van der Waals surface area contributed by atoms with E-state index in [1.807, 2.05) is 19.2 Å². The van der Waals surface area contributed by atoms with Crippen molar-refractivity contribution in [1.82, 2.24) is 10.3 Å². The van der Waals surface area contributed by atoms with E-state index in [4.69, 9.17) is 16.6 Å². The second kappa shape index (κ2) is 5.76. The number of nitrogens with zero attached hydrogens (tertiary/aromatic N) is 2. The molecule has 0 aliphatic heterocycles. The fourth-order valence-corrected chi connectivity index (χ4v) is 2.61. The Bertz CT molecular complexity index is 593. The number of benzene rings is 1. The number of anilines is 1. The highest BCUT2D eigenvalue weighted by Gasteiger charge is 2.14. The average molecular weight is 278 g/mol. The van der Waals surface area contributed by atoms with Gasteiger partial charge in [0.05, 0.1) is 11.2 Å². The summed E-state index contributed by atoms with van der Waals surface area (Å²) < 4.78 is 0. The molecular formula is C15H20ClN3. The number of likely N-dealkylation sites (N-methyl/N-ethyl adjacent to an activating group) is 1. The molecule has 3 nitrogen and oxygen atoms in total. The molecule has 1 aromatic carbocycles. The third kappa shape index (κ3) is 2.82. The molecule has 4 heteroatoms. The van der Waals surface area contributed by atoms with Gasteiger partial charge in [0.2, 0.25) is 0 Å². The Balaban J connectivity index is 2.69. The summed E-state index contributed by atoms with van der Waals surface area (Å²) in [5.41, 5.74) is 4.58. The van der Waals surface area contributed by atoms with Gasteiger partial charge in [-0.15, -0.1) is 0 Å². The van der Waals surface area contributed by atoms with Gasteiger partial charge < -0.3 is 10.2 Å². The summed E-state index contributed by atoms with van der Waals surface area (Å²) in [5, 5.41) is 5.09. The molecule has 0 aliphatic rings. The first-order valence-corrected chi connectivity index (χ1v) is 6.83. The Morgan fingerprint density at radius 2 is 2.05 bits per heavy atom. The Morgan fingerprint density at radius 3 is 2.68 bits per heavy atom. The van der Waals surface area contributed by atoms with E-state index in [9.17, 15) is 0 Å². The minimum Gasteiger partial charge on any atom is -0.377 e. The molecule has 102 valence electrons. The summed E-state index contributed by atoms with van der Waals surface area (Å²) in [6.07, 6.45) is 0.974. The minimum absolute atomic E-state index is 0.729. The zero-order valence-electron chi connectivity index (χ0n) is 11.9. The maximum atomic E-state index is 6.06. The molecule has 19 heavy (non-hydrogen) atoms. The average Bonchev–Trinajstić information content (AvgIpc) is 2.35. The van der Waals surface area contributed by atoms with Crippen LogP contribution in [0.3, 0.4) is 0 Å². The maximum Gasteiger partial charge on any atom is 0.0741 e. The number of nitrogens with one attached hydrogen (secondary N) is 1. The third-order valence-electron chi connectivity index (χ3n) is 3.30. The number of halogens is 1. The standard InChI is InChI=1S/C15H20ClN3/c1-10-12(7-8-17-2)15(19(3)4)13-6-5-11(16)9-14(13)18-10/h5-6,9,17H,7-8H2,1-4H3. The summed E-state index contributed by atoms with van der Waals surface area (Å²) in [4.78, 5) is 6.86. The molecule has 0 aliphatic carbocycles. The van der Waals surface area contributed by atoms with Gasteiger partial charge in [0.1, 0.15) is 0 Å². The van der Waals surface area contributed by atoms with Gasteiger partial charge in [-0.2, -0.15) is 0 Å². The van der Waals surface area contributed by atoms with Crippen molar-refractivity contribution in [1.29, 1.82) is 0 Å². The van der Waals surface area contributed by atoms with Crippen molar-refractivity contribution >= 4 is 28.2 Å². The highest BCUT2D eigenvalue weighted by atomic mass is 35.5. The molecule has 0 spiro atoms. The van der Waals surface area contributed by atoms with Gasteiger partial charge in [-0.3, -0.25) is 4.98 Å². The van der Waals surface area contributed by atoms with E-state index in [-0.39, 0.29) is 0 Å². The highest BCUT2D eigenvalue weighted by molar-refractivity contribution is 6.31. The first-order valence-electron chi connectivity index (χ1n) is 6.45. The van der Waals surface area contributed by atoms with E-state index in [1.165, 1.54) is 11.3 Å². The lowest BCUT2D eigenvalue weighted by molar-refractivity contribution is 0.784. The lowest BCUT2D eigenvalue weighted by Crippen LogP contribution is -2.17. The predicted octanol–water partition coefficient (Wildman–Crippen LogP) is 3.02. The molecule has 1 N–H and O–H groups in total. The molecule has 2 rings (SSSR count). The normalized spacial score (nSPS) is 11.0. The molecule has 0 saturated carbocycles. The van der Waals surface area contributed by atoms with Crippen LogP contribution >= 0.6 is 11.6 Å². The molecule has 0 bridgehead atoms. The van der Waals surface area contributed by atoms with E-state index < -0.39 is 0 Å². The number of fused-ring (bicyclic) bond motifs is 1. The Kier molecular flexibility index (Phi) is 4.27. The van der Waals surface area contributed by atoms with Crippen LogP contribution < -0.4 is 10.2 Å². The topological polar surface area (TPSA) is 28.2 Å². The molecular weight excluding hydrogens is 258 g/mol. The third-order valence-corrected chi connectivity index (χ3v) is 3.53. The van der Waals surface area contributed by atoms with Crippen LogP contribution in [-0.2, 0) is 6.42 Å². The van der Waals surface area contributed by atoms with Crippen molar-refractivity contribution in [3.05, 3.63) is 34.5 Å². The lowest BCUT2D eigenvalue weighted by atomic mass is 10.0. The molecule has 0 unspecified atom stereocenters. The molecule has 0 amide bonds. The number of pyridine rings is 1. The molecule has 0 saturated heterocycles. The zero-order valence-corrected chi connectivity index (χ0v) is 12.7. The highest BCUT2D eigenvalue weighted by Crippen LogP contribution is 2.32. The molecule has 0 atom stereocenters. The van der Waals surface area contributed by atoms with Gasteiger partial charge in [-0.05, 0) is 50.7 Å². The van der Waals surface area contributed by atoms with Gasteiger partial charge in [-0.1, -0.05) is 11.6 Å². The van der Waals surface area contributed by atoms with Crippen LogP contribution in [0, 0.1) is 6.92 Å². The predicted molar refractivity (Wildman–Crippen MR) is 83.4 cm³/mol. The molecule has 2 aromatic rings. The molecule has 1 aromatic heterocycles. The van der Waals surface area contributed by atoms with Crippen LogP contribution in [0.5, 0.6) is 0 Å². The Labute approximate surface area is 119 Å². The van der Waals surface area contributed by atoms with Gasteiger partial charge in [0.25, 0.3) is 0 Å². The van der Waals surface area contributed by atoms with Crippen molar-refractivity contribution in [2.75, 3.05) is 32.6 Å². The number of hydrogen-bond donors (Lipinski definition) is 1. The second-order valence-electron chi connectivity index (χ2n) is 4.93. The second-order valence-corrected chi connectivity index (χ2v) is 5.37. The van der Waals surface area contributed by atoms with Crippen molar-refractivity contribution in [2.45, 2.75) is 13.3 Å². The van der Waals surface area contributed by atoms with Crippen molar-refractivity contribution < 1.29 is 0 Å². The first-order chi connectivity index (χ1) is 9.04. The van der Waals surface area contributed by atoms with E-state index in [0.717, 1.165) is 34.6 Å². The molecule has 0 fully saturated rings. The summed E-state index contributed by atoms with van der Waals surface area (Å²) in [6, 6.07) is 5.91. The number of aromatic nitrogens is 1. The summed E-state index contributed by atoms with van der Waals surface area (Å²) >= 11 is 6.06. The van der Waals surface area contributed by atoms with Crippen LogP contribution in [0.15, 0.2) is 18.2 Å². The SMILES string of the molecule is CNCCc1c(C)nc2cc(Cl)ccc2c1N(C)C. The van der Waals surface area contributed by atoms with Crippen LogP contribution in [-0.4, -0.2) is 32.7 Å². The summed E-state index contributed by atoms with van der Waals surface area (Å²) in [7, 11) is 6.12. The van der Waals surface area contributed by atoms with Crippen LogP contribution in [0.25, 0.3) is 10.9 Å². The van der Waals surface area contributed by atoms with E-state index in [1.54, 1.807) is 0 Å². The van der Waals surface area contributed by atoms with E-state index >= 15 is 0 Å². The zero-order chi connectivity index (χ0) is 14.0. The maximum absolute atomic E-state index is 6.06. The van der Waals surface area contributed by atoms with Crippen molar-refractivity contribution in [3.63, 3.8) is 0 Å². The van der Waals surface area contributed by atoms with Crippen LogP contribution in [0.1, 0.15) is 11.3 Å². The lowest BCUT2D eigenvalue weighted by Gasteiger charge is -2.21. The number of hydrogen-bond acceptors (Lipinski definition) is 3. The molecule has 0 radical (unpaired) electrons. The minimum atomic E-state index is 0.729. The monoisotopic (exact) mass is 277 g/mol. The van der Waals surface area contributed by atoms with Gasteiger partial charge >= 0.3 is 0 Å². The van der Waals surface area contributed by atoms with E-state index in [2.05, 4.69) is 37.3 Å². The number of rotatable bonds is 4. The smallest absolute Gasteiger partial charge is 0.0741 e. The Hall–Kier alpha value is -1.32. The summed E-state index contributed by atoms with van der Waals surface area (Å²) in [5.74, 6) is 0.